The zero-order chi connectivity index (χ0) is 11.7. The highest BCUT2D eigenvalue weighted by atomic mass is 35.5. The fraction of sp³-hybridized carbons (Fsp3) is 0.0833. The molecule has 82 valence electrons. The van der Waals surface area contributed by atoms with E-state index in [2.05, 4.69) is 0 Å². The van der Waals surface area contributed by atoms with Gasteiger partial charge in [0.15, 0.2) is 6.29 Å². The van der Waals surface area contributed by atoms with Gasteiger partial charge in [-0.05, 0) is 30.7 Å². The minimum absolute atomic E-state index is 0.523. The molecule has 0 aliphatic rings. The van der Waals surface area contributed by atoms with Crippen LogP contribution in [-0.2, 0) is 0 Å². The molecule has 0 aliphatic heterocycles. The van der Waals surface area contributed by atoms with Crippen LogP contribution in [0.4, 0.5) is 0 Å². The lowest BCUT2D eigenvalue weighted by Gasteiger charge is -2.11. The fourth-order valence-electron chi connectivity index (χ4n) is 1.56. The Bertz CT molecular complexity index is 546. The van der Waals surface area contributed by atoms with Crippen LogP contribution in [0.3, 0.4) is 0 Å². The molecule has 2 aromatic rings. The first-order chi connectivity index (χ1) is 7.65. The Kier molecular flexibility index (Phi) is 3.03. The second-order valence-electron chi connectivity index (χ2n) is 3.45. The number of hydrogen-bond donors (Lipinski definition) is 0. The van der Waals surface area contributed by atoms with Crippen LogP contribution in [0.15, 0.2) is 30.5 Å². The van der Waals surface area contributed by atoms with Gasteiger partial charge in [0.1, 0.15) is 0 Å². The van der Waals surface area contributed by atoms with Gasteiger partial charge >= 0.3 is 0 Å². The molecule has 0 atom stereocenters. The van der Waals surface area contributed by atoms with Gasteiger partial charge in [-0.1, -0.05) is 29.3 Å². The van der Waals surface area contributed by atoms with E-state index >= 15 is 0 Å². The fourth-order valence-corrected chi connectivity index (χ4v) is 2.11. The Balaban J connectivity index is 2.73. The van der Waals surface area contributed by atoms with E-state index in [9.17, 15) is 4.79 Å². The van der Waals surface area contributed by atoms with E-state index in [1.807, 2.05) is 13.0 Å². The normalized spacial score (nSPS) is 10.4. The minimum atomic E-state index is 0.523. The molecular weight excluding hydrogens is 245 g/mol. The molecule has 0 bridgehead atoms. The van der Waals surface area contributed by atoms with Crippen LogP contribution in [-0.4, -0.2) is 10.9 Å². The summed E-state index contributed by atoms with van der Waals surface area (Å²) in [6.07, 6.45) is 2.53. The summed E-state index contributed by atoms with van der Waals surface area (Å²) in [5.41, 5.74) is 2.09. The van der Waals surface area contributed by atoms with E-state index in [1.54, 1.807) is 29.0 Å². The predicted octanol–water partition coefficient (Wildman–Crippen LogP) is 3.91. The van der Waals surface area contributed by atoms with Crippen molar-refractivity contribution in [1.82, 2.24) is 4.57 Å². The molecule has 1 heterocycles. The Morgan fingerprint density at radius 3 is 2.69 bits per heavy atom. The summed E-state index contributed by atoms with van der Waals surface area (Å²) in [6, 6.07) is 7.10. The van der Waals surface area contributed by atoms with Crippen molar-refractivity contribution in [2.24, 2.45) is 0 Å². The molecule has 2 nitrogen and oxygen atoms in total. The van der Waals surface area contributed by atoms with Crippen molar-refractivity contribution in [3.63, 3.8) is 0 Å². The van der Waals surface area contributed by atoms with E-state index in [-0.39, 0.29) is 0 Å². The average Bonchev–Trinajstić information content (AvgIpc) is 2.72. The van der Waals surface area contributed by atoms with Gasteiger partial charge in [0.25, 0.3) is 0 Å². The van der Waals surface area contributed by atoms with E-state index < -0.39 is 0 Å². The number of aromatic nitrogens is 1. The van der Waals surface area contributed by atoms with Crippen LogP contribution in [0.5, 0.6) is 0 Å². The molecule has 1 aromatic carbocycles. The average molecular weight is 254 g/mol. The second kappa shape index (κ2) is 4.32. The van der Waals surface area contributed by atoms with E-state index in [4.69, 9.17) is 23.2 Å². The van der Waals surface area contributed by atoms with Crippen molar-refractivity contribution in [3.8, 4) is 5.69 Å². The molecule has 0 spiro atoms. The van der Waals surface area contributed by atoms with Gasteiger partial charge in [-0.3, -0.25) is 4.79 Å². The molecule has 2 rings (SSSR count). The summed E-state index contributed by atoms with van der Waals surface area (Å²) in [7, 11) is 0. The Morgan fingerprint density at radius 2 is 2.00 bits per heavy atom. The molecule has 4 heteroatoms. The lowest BCUT2D eigenvalue weighted by atomic mass is 10.2. The lowest BCUT2D eigenvalue weighted by Crippen LogP contribution is -2.00. The third-order valence-electron chi connectivity index (χ3n) is 2.40. The lowest BCUT2D eigenvalue weighted by molar-refractivity contribution is 0.111. The van der Waals surface area contributed by atoms with E-state index in [1.165, 1.54) is 0 Å². The zero-order valence-corrected chi connectivity index (χ0v) is 10.1. The van der Waals surface area contributed by atoms with Crippen molar-refractivity contribution < 1.29 is 4.79 Å². The molecule has 0 saturated heterocycles. The maximum absolute atomic E-state index is 10.9. The molecule has 0 fully saturated rings. The SMILES string of the molecule is Cc1ccc(Cl)c(-n2cccc2C=O)c1Cl. The van der Waals surface area contributed by atoms with Crippen molar-refractivity contribution >= 4 is 29.5 Å². The van der Waals surface area contributed by atoms with Crippen molar-refractivity contribution in [3.05, 3.63) is 51.8 Å². The van der Waals surface area contributed by atoms with Crippen LogP contribution >= 0.6 is 23.2 Å². The molecule has 0 radical (unpaired) electrons. The Labute approximate surface area is 103 Å². The topological polar surface area (TPSA) is 22.0 Å². The Morgan fingerprint density at radius 1 is 1.25 bits per heavy atom. The first-order valence-electron chi connectivity index (χ1n) is 4.72. The van der Waals surface area contributed by atoms with Crippen LogP contribution < -0.4 is 0 Å². The monoisotopic (exact) mass is 253 g/mol. The second-order valence-corrected chi connectivity index (χ2v) is 4.23. The van der Waals surface area contributed by atoms with Gasteiger partial charge in [-0.25, -0.2) is 0 Å². The number of benzene rings is 1. The van der Waals surface area contributed by atoms with Crippen molar-refractivity contribution in [2.75, 3.05) is 0 Å². The molecule has 16 heavy (non-hydrogen) atoms. The van der Waals surface area contributed by atoms with Gasteiger partial charge in [0.2, 0.25) is 0 Å². The third kappa shape index (κ3) is 1.75. The molecule has 0 unspecified atom stereocenters. The zero-order valence-electron chi connectivity index (χ0n) is 8.58. The molecule has 1 aromatic heterocycles. The van der Waals surface area contributed by atoms with Crippen molar-refractivity contribution in [2.45, 2.75) is 6.92 Å². The molecule has 0 amide bonds. The summed E-state index contributed by atoms with van der Waals surface area (Å²) in [6.45, 7) is 1.90. The van der Waals surface area contributed by atoms with Crippen LogP contribution in [0.1, 0.15) is 16.1 Å². The first-order valence-corrected chi connectivity index (χ1v) is 5.48. The highest BCUT2D eigenvalue weighted by molar-refractivity contribution is 6.38. The quantitative estimate of drug-likeness (QED) is 0.745. The summed E-state index contributed by atoms with van der Waals surface area (Å²) >= 11 is 12.3. The summed E-state index contributed by atoms with van der Waals surface area (Å²) in [4.78, 5) is 10.9. The maximum Gasteiger partial charge on any atom is 0.166 e. The van der Waals surface area contributed by atoms with Gasteiger partial charge in [0.05, 0.1) is 21.4 Å². The van der Waals surface area contributed by atoms with Crippen LogP contribution in [0.25, 0.3) is 5.69 Å². The molecule has 0 N–H and O–H groups in total. The number of carbonyl (C=O) groups is 1. The number of nitrogens with zero attached hydrogens (tertiary/aromatic N) is 1. The minimum Gasteiger partial charge on any atom is -0.311 e. The molecular formula is C12H9Cl2NO. The summed E-state index contributed by atoms with van der Waals surface area (Å²) in [5.74, 6) is 0. The number of rotatable bonds is 2. The van der Waals surface area contributed by atoms with Crippen molar-refractivity contribution in [1.29, 1.82) is 0 Å². The standard InChI is InChI=1S/C12H9Cl2NO/c1-8-4-5-10(13)12(11(8)14)15-6-2-3-9(15)7-16/h2-7H,1H3. The molecule has 0 aliphatic carbocycles. The number of halogens is 2. The maximum atomic E-state index is 10.9. The largest absolute Gasteiger partial charge is 0.311 e. The van der Waals surface area contributed by atoms with Gasteiger partial charge in [-0.15, -0.1) is 0 Å². The molecule has 0 saturated carbocycles. The third-order valence-corrected chi connectivity index (χ3v) is 3.18. The van der Waals surface area contributed by atoms with Gasteiger partial charge in [0, 0.05) is 6.20 Å². The van der Waals surface area contributed by atoms with E-state index in [0.717, 1.165) is 11.8 Å². The predicted molar refractivity (Wildman–Crippen MR) is 65.9 cm³/mol. The number of carbonyl (C=O) groups excluding carboxylic acids is 1. The summed E-state index contributed by atoms with van der Waals surface area (Å²) < 4.78 is 1.69. The number of hydrogen-bond acceptors (Lipinski definition) is 1. The van der Waals surface area contributed by atoms with Gasteiger partial charge in [-0.2, -0.15) is 0 Å². The smallest absolute Gasteiger partial charge is 0.166 e. The highest BCUT2D eigenvalue weighted by Crippen LogP contribution is 2.32. The van der Waals surface area contributed by atoms with Crippen LogP contribution in [0, 0.1) is 6.92 Å². The van der Waals surface area contributed by atoms with E-state index in [0.29, 0.717) is 21.4 Å². The highest BCUT2D eigenvalue weighted by Gasteiger charge is 2.12. The van der Waals surface area contributed by atoms with Crippen LogP contribution in [0.2, 0.25) is 10.0 Å². The Hall–Kier alpha value is -1.25. The first kappa shape index (κ1) is 11.2. The number of aldehydes is 1. The number of aryl methyl sites for hydroxylation is 1. The van der Waals surface area contributed by atoms with Gasteiger partial charge < -0.3 is 4.57 Å². The summed E-state index contributed by atoms with van der Waals surface area (Å²) in [5, 5.41) is 1.08.